The number of ketones is 1. The largest absolute Gasteiger partial charge is 0.345 e. The fourth-order valence-corrected chi connectivity index (χ4v) is 5.07. The molecular formula is C24H25N3O5S. The molecule has 2 N–H and O–H groups in total. The Hall–Kier alpha value is -3.33. The van der Waals surface area contributed by atoms with Crippen LogP contribution in [0, 0.1) is 0 Å². The van der Waals surface area contributed by atoms with Crippen LogP contribution in [-0.4, -0.2) is 40.4 Å². The second kappa shape index (κ2) is 8.55. The highest BCUT2D eigenvalue weighted by molar-refractivity contribution is 7.12. The van der Waals surface area contributed by atoms with Gasteiger partial charge in [-0.05, 0) is 28.3 Å². The first kappa shape index (κ1) is 22.8. The van der Waals surface area contributed by atoms with Gasteiger partial charge in [-0.3, -0.25) is 29.3 Å². The number of carbonyl (C=O) groups is 5. The summed E-state index contributed by atoms with van der Waals surface area (Å²) in [6.07, 6.45) is 0.482. The fraction of sp³-hybridized carbons (Fsp3) is 0.375. The van der Waals surface area contributed by atoms with Gasteiger partial charge in [0.05, 0.1) is 4.88 Å². The summed E-state index contributed by atoms with van der Waals surface area (Å²) in [6, 6.07) is 6.32. The van der Waals surface area contributed by atoms with Crippen LogP contribution in [0.4, 0.5) is 0 Å². The van der Waals surface area contributed by atoms with E-state index in [2.05, 4.69) is 31.4 Å². The molecule has 1 atom stereocenters. The minimum atomic E-state index is -0.718. The van der Waals surface area contributed by atoms with Crippen molar-refractivity contribution in [2.24, 2.45) is 0 Å². The van der Waals surface area contributed by atoms with Crippen molar-refractivity contribution in [2.75, 3.05) is 0 Å². The number of hydrogen-bond donors (Lipinski definition) is 2. The smallest absolute Gasteiger partial charge is 0.292 e. The maximum absolute atomic E-state index is 12.8. The van der Waals surface area contributed by atoms with Gasteiger partial charge < -0.3 is 10.2 Å². The molecule has 1 aromatic heterocycles. The molecule has 0 saturated carbocycles. The Morgan fingerprint density at radius 3 is 2.48 bits per heavy atom. The molecule has 33 heavy (non-hydrogen) atoms. The number of nitrogens with one attached hydrogen (secondary N) is 2. The number of fused-ring (bicyclic) bond motifs is 1. The highest BCUT2D eigenvalue weighted by atomic mass is 32.1. The van der Waals surface area contributed by atoms with Gasteiger partial charge in [0.2, 0.25) is 17.6 Å². The average Bonchev–Trinajstić information content (AvgIpc) is 3.31. The number of amides is 4. The van der Waals surface area contributed by atoms with E-state index in [1.165, 1.54) is 16.2 Å². The minimum Gasteiger partial charge on any atom is -0.345 e. The Balaban J connectivity index is 1.40. The topological polar surface area (TPSA) is 113 Å². The zero-order valence-electron chi connectivity index (χ0n) is 18.7. The van der Waals surface area contributed by atoms with Gasteiger partial charge in [0.1, 0.15) is 6.04 Å². The normalized spacial score (nSPS) is 18.2. The summed E-state index contributed by atoms with van der Waals surface area (Å²) in [5, 5.41) is 6.71. The minimum absolute atomic E-state index is 0.0533. The van der Waals surface area contributed by atoms with E-state index in [0.717, 1.165) is 16.7 Å². The van der Waals surface area contributed by atoms with E-state index in [9.17, 15) is 24.0 Å². The Morgan fingerprint density at radius 2 is 1.85 bits per heavy atom. The molecule has 4 rings (SSSR count). The molecule has 172 valence electrons. The number of carbonyl (C=O) groups excluding carboxylic acids is 5. The third-order valence-electron chi connectivity index (χ3n) is 6.01. The van der Waals surface area contributed by atoms with Gasteiger partial charge in [0.15, 0.2) is 0 Å². The van der Waals surface area contributed by atoms with Crippen molar-refractivity contribution >= 4 is 40.7 Å². The lowest BCUT2D eigenvalue weighted by molar-refractivity contribution is -0.136. The first-order chi connectivity index (χ1) is 15.6. The van der Waals surface area contributed by atoms with Crippen molar-refractivity contribution in [3.63, 3.8) is 0 Å². The number of benzene rings is 1. The SMILES string of the molecule is CC(C)(C)c1ccc(C(=O)C(=O)NCc2csc3c2CN(C2CCC(=O)NC2=O)C3=O)cc1. The molecule has 0 radical (unpaired) electrons. The Morgan fingerprint density at radius 1 is 1.15 bits per heavy atom. The predicted octanol–water partition coefficient (Wildman–Crippen LogP) is 2.31. The highest BCUT2D eigenvalue weighted by Crippen LogP contribution is 2.34. The zero-order valence-corrected chi connectivity index (χ0v) is 19.5. The zero-order chi connectivity index (χ0) is 23.9. The number of imide groups is 1. The van der Waals surface area contributed by atoms with Crippen LogP contribution in [0.1, 0.15) is 70.3 Å². The van der Waals surface area contributed by atoms with Gasteiger partial charge in [-0.15, -0.1) is 11.3 Å². The van der Waals surface area contributed by atoms with Gasteiger partial charge in [0, 0.05) is 30.6 Å². The Labute approximate surface area is 195 Å². The molecule has 0 aliphatic carbocycles. The lowest BCUT2D eigenvalue weighted by Gasteiger charge is -2.29. The van der Waals surface area contributed by atoms with Crippen LogP contribution >= 0.6 is 11.3 Å². The number of piperidine rings is 1. The van der Waals surface area contributed by atoms with E-state index in [4.69, 9.17) is 0 Å². The van der Waals surface area contributed by atoms with E-state index >= 15 is 0 Å². The number of hydrogen-bond acceptors (Lipinski definition) is 6. The lowest BCUT2D eigenvalue weighted by atomic mass is 9.86. The van der Waals surface area contributed by atoms with Gasteiger partial charge in [-0.1, -0.05) is 45.0 Å². The van der Waals surface area contributed by atoms with Crippen molar-refractivity contribution in [1.29, 1.82) is 0 Å². The second-order valence-electron chi connectivity index (χ2n) is 9.31. The highest BCUT2D eigenvalue weighted by Gasteiger charge is 2.40. The summed E-state index contributed by atoms with van der Waals surface area (Å²) >= 11 is 1.25. The Kier molecular flexibility index (Phi) is 5.92. The molecule has 8 nitrogen and oxygen atoms in total. The van der Waals surface area contributed by atoms with Gasteiger partial charge in [0.25, 0.3) is 11.8 Å². The standard InChI is InChI=1S/C24H25N3O5S/c1-24(2,3)15-6-4-13(5-7-15)19(29)22(31)25-10-14-12-33-20-16(14)11-27(23(20)32)17-8-9-18(28)26-21(17)30/h4-7,12,17H,8-11H2,1-3H3,(H,25,31)(H,26,28,30). The number of Topliss-reactive ketones (excluding diaryl/α,β-unsaturated/α-hetero) is 1. The van der Waals surface area contributed by atoms with E-state index in [-0.39, 0.29) is 36.7 Å². The summed E-state index contributed by atoms with van der Waals surface area (Å²) in [7, 11) is 0. The molecule has 9 heteroatoms. The first-order valence-electron chi connectivity index (χ1n) is 10.7. The van der Waals surface area contributed by atoms with Crippen LogP contribution in [0.25, 0.3) is 0 Å². The molecule has 0 spiro atoms. The molecule has 0 bridgehead atoms. The molecular weight excluding hydrogens is 442 g/mol. The van der Waals surface area contributed by atoms with E-state index < -0.39 is 23.6 Å². The molecule has 1 saturated heterocycles. The molecule has 2 aromatic rings. The molecule has 2 aliphatic heterocycles. The van der Waals surface area contributed by atoms with Crippen LogP contribution in [0.15, 0.2) is 29.6 Å². The summed E-state index contributed by atoms with van der Waals surface area (Å²) in [5.41, 5.74) is 2.82. The molecule has 3 heterocycles. The quantitative estimate of drug-likeness (QED) is 0.398. The number of thiophene rings is 1. The van der Waals surface area contributed by atoms with E-state index in [0.29, 0.717) is 16.9 Å². The summed E-state index contributed by atoms with van der Waals surface area (Å²) in [6.45, 7) is 6.55. The van der Waals surface area contributed by atoms with Crippen LogP contribution in [0.3, 0.4) is 0 Å². The van der Waals surface area contributed by atoms with Crippen LogP contribution in [0.2, 0.25) is 0 Å². The number of nitrogens with zero attached hydrogens (tertiary/aromatic N) is 1. The van der Waals surface area contributed by atoms with Crippen molar-refractivity contribution < 1.29 is 24.0 Å². The second-order valence-corrected chi connectivity index (χ2v) is 10.2. The van der Waals surface area contributed by atoms with Crippen LogP contribution < -0.4 is 10.6 Å². The van der Waals surface area contributed by atoms with Crippen molar-refractivity contribution in [2.45, 2.75) is 58.2 Å². The van der Waals surface area contributed by atoms with E-state index in [1.54, 1.807) is 17.5 Å². The first-order valence-corrected chi connectivity index (χ1v) is 11.6. The summed E-state index contributed by atoms with van der Waals surface area (Å²) in [5.74, 6) is -2.39. The monoisotopic (exact) mass is 467 g/mol. The summed E-state index contributed by atoms with van der Waals surface area (Å²) < 4.78 is 0. The lowest BCUT2D eigenvalue weighted by Crippen LogP contribution is -2.52. The third-order valence-corrected chi connectivity index (χ3v) is 7.07. The number of rotatable bonds is 5. The average molecular weight is 468 g/mol. The van der Waals surface area contributed by atoms with Crippen molar-refractivity contribution in [3.05, 3.63) is 56.8 Å². The van der Waals surface area contributed by atoms with Gasteiger partial charge in [-0.25, -0.2) is 0 Å². The predicted molar refractivity (Wildman–Crippen MR) is 122 cm³/mol. The fourth-order valence-electron chi connectivity index (χ4n) is 4.03. The molecule has 2 aliphatic rings. The third kappa shape index (κ3) is 4.45. The van der Waals surface area contributed by atoms with Crippen molar-refractivity contribution in [3.8, 4) is 0 Å². The summed E-state index contributed by atoms with van der Waals surface area (Å²) in [4.78, 5) is 63.3. The van der Waals surface area contributed by atoms with Crippen LogP contribution in [-0.2, 0) is 32.9 Å². The van der Waals surface area contributed by atoms with Gasteiger partial charge in [-0.2, -0.15) is 0 Å². The maximum atomic E-state index is 12.8. The molecule has 1 fully saturated rings. The molecule has 4 amide bonds. The molecule has 1 unspecified atom stereocenters. The van der Waals surface area contributed by atoms with Crippen LogP contribution in [0.5, 0.6) is 0 Å². The molecule has 1 aromatic carbocycles. The Bertz CT molecular complexity index is 1160. The van der Waals surface area contributed by atoms with E-state index in [1.807, 2.05) is 12.1 Å². The maximum Gasteiger partial charge on any atom is 0.292 e. The van der Waals surface area contributed by atoms with Gasteiger partial charge >= 0.3 is 0 Å². The van der Waals surface area contributed by atoms with Crippen molar-refractivity contribution in [1.82, 2.24) is 15.5 Å².